The van der Waals surface area contributed by atoms with E-state index in [1.807, 2.05) is 0 Å². The summed E-state index contributed by atoms with van der Waals surface area (Å²) < 4.78 is 0. The average molecular weight is 187 g/mol. The van der Waals surface area contributed by atoms with E-state index in [9.17, 15) is 10.1 Å². The maximum absolute atomic E-state index is 10.2. The fourth-order valence-corrected chi connectivity index (χ4v) is 1.30. The number of hydrogen-bond donors (Lipinski definition) is 2. The van der Waals surface area contributed by atoms with Gasteiger partial charge in [0.25, 0.3) is 6.20 Å². The molecule has 0 unspecified atom stereocenters. The summed E-state index contributed by atoms with van der Waals surface area (Å²) in [5.74, 6) is 0.491. The van der Waals surface area contributed by atoms with Gasteiger partial charge in [-0.25, -0.2) is 0 Å². The third-order valence-electron chi connectivity index (χ3n) is 1.85. The summed E-state index contributed by atoms with van der Waals surface area (Å²) in [4.78, 5) is 11.5. The molecule has 6 heteroatoms. The van der Waals surface area contributed by atoms with E-state index in [4.69, 9.17) is 5.11 Å². The molecular weight excluding hydrogens is 174 g/mol. The molecule has 1 heterocycles. The molecular formula is C7H13N3O3. The molecule has 1 rings (SSSR count). The van der Waals surface area contributed by atoms with Gasteiger partial charge in [-0.15, -0.1) is 0 Å². The van der Waals surface area contributed by atoms with Gasteiger partial charge in [-0.3, -0.25) is 10.1 Å². The van der Waals surface area contributed by atoms with Crippen LogP contribution in [-0.2, 0) is 0 Å². The molecule has 0 radical (unpaired) electrons. The van der Waals surface area contributed by atoms with Gasteiger partial charge >= 0.3 is 0 Å². The summed E-state index contributed by atoms with van der Waals surface area (Å²) in [7, 11) is 0. The smallest absolute Gasteiger partial charge is 0.274 e. The third-order valence-corrected chi connectivity index (χ3v) is 1.85. The molecule has 0 amide bonds. The van der Waals surface area contributed by atoms with Crippen LogP contribution in [0.15, 0.2) is 12.0 Å². The van der Waals surface area contributed by atoms with Gasteiger partial charge in [0, 0.05) is 19.6 Å². The highest BCUT2D eigenvalue weighted by Crippen LogP contribution is 2.06. The van der Waals surface area contributed by atoms with Crippen LogP contribution in [0.4, 0.5) is 0 Å². The van der Waals surface area contributed by atoms with Gasteiger partial charge < -0.3 is 15.3 Å². The minimum Gasteiger partial charge on any atom is -0.395 e. The highest BCUT2D eigenvalue weighted by Gasteiger charge is 2.16. The molecule has 0 atom stereocenters. The predicted molar refractivity (Wildman–Crippen MR) is 46.4 cm³/mol. The van der Waals surface area contributed by atoms with Crippen LogP contribution in [0.25, 0.3) is 0 Å². The van der Waals surface area contributed by atoms with Crippen molar-refractivity contribution in [3.05, 3.63) is 22.1 Å². The summed E-state index contributed by atoms with van der Waals surface area (Å²) in [6.45, 7) is 1.96. The maximum atomic E-state index is 10.2. The van der Waals surface area contributed by atoms with E-state index in [0.717, 1.165) is 25.7 Å². The lowest BCUT2D eigenvalue weighted by Crippen LogP contribution is -2.41. The van der Waals surface area contributed by atoms with Gasteiger partial charge in [-0.05, 0) is 6.42 Å². The first-order valence-corrected chi connectivity index (χ1v) is 4.19. The Kier molecular flexibility index (Phi) is 3.51. The molecule has 0 bridgehead atoms. The summed E-state index contributed by atoms with van der Waals surface area (Å²) in [5, 5.41) is 21.8. The molecule has 0 aromatic heterocycles. The van der Waals surface area contributed by atoms with Gasteiger partial charge in [0.1, 0.15) is 0 Å². The zero-order valence-electron chi connectivity index (χ0n) is 7.27. The number of rotatable bonds is 3. The van der Waals surface area contributed by atoms with E-state index < -0.39 is 4.92 Å². The number of aliphatic hydroxyl groups excluding tert-OH is 1. The van der Waals surface area contributed by atoms with E-state index in [1.54, 1.807) is 4.90 Å². The first kappa shape index (κ1) is 9.79. The zero-order chi connectivity index (χ0) is 9.68. The van der Waals surface area contributed by atoms with Crippen molar-refractivity contribution in [2.45, 2.75) is 6.42 Å². The Morgan fingerprint density at radius 1 is 1.77 bits per heavy atom. The van der Waals surface area contributed by atoms with Gasteiger partial charge in [0.05, 0.1) is 11.5 Å². The molecule has 0 spiro atoms. The molecule has 0 aliphatic carbocycles. The van der Waals surface area contributed by atoms with Crippen molar-refractivity contribution in [3.63, 3.8) is 0 Å². The second-order valence-electron chi connectivity index (χ2n) is 2.79. The van der Waals surface area contributed by atoms with E-state index in [-0.39, 0.29) is 6.61 Å². The SMILES string of the molecule is O=[N+]([O-])C=C1NCCCN1CCO. The van der Waals surface area contributed by atoms with Crippen LogP contribution >= 0.6 is 0 Å². The molecule has 1 fully saturated rings. The molecule has 1 saturated heterocycles. The summed E-state index contributed by atoms with van der Waals surface area (Å²) >= 11 is 0. The normalized spacial score (nSPS) is 20.1. The Balaban J connectivity index is 2.61. The van der Waals surface area contributed by atoms with E-state index in [2.05, 4.69) is 5.32 Å². The molecule has 13 heavy (non-hydrogen) atoms. The van der Waals surface area contributed by atoms with Crippen LogP contribution in [0.1, 0.15) is 6.42 Å². The molecule has 0 aromatic carbocycles. The lowest BCUT2D eigenvalue weighted by atomic mass is 10.3. The number of β-amino-alcohol motifs (C(OH)–C–C–N with tert-alkyl or cyclic N) is 1. The van der Waals surface area contributed by atoms with Gasteiger partial charge in [-0.1, -0.05) is 0 Å². The highest BCUT2D eigenvalue weighted by molar-refractivity contribution is 4.97. The molecule has 1 aliphatic rings. The van der Waals surface area contributed by atoms with Crippen LogP contribution in [0.2, 0.25) is 0 Å². The Morgan fingerprint density at radius 2 is 2.54 bits per heavy atom. The van der Waals surface area contributed by atoms with Crippen LogP contribution < -0.4 is 5.32 Å². The Hall–Kier alpha value is -1.30. The molecule has 6 nitrogen and oxygen atoms in total. The zero-order valence-corrected chi connectivity index (χ0v) is 7.27. The van der Waals surface area contributed by atoms with Crippen molar-refractivity contribution in [1.82, 2.24) is 10.2 Å². The first-order chi connectivity index (χ1) is 6.24. The Morgan fingerprint density at radius 3 is 3.15 bits per heavy atom. The van der Waals surface area contributed by atoms with Crippen LogP contribution in [0, 0.1) is 10.1 Å². The molecule has 74 valence electrons. The molecule has 0 aromatic rings. The van der Waals surface area contributed by atoms with E-state index >= 15 is 0 Å². The monoisotopic (exact) mass is 187 g/mol. The lowest BCUT2D eigenvalue weighted by Gasteiger charge is -2.30. The second kappa shape index (κ2) is 4.66. The number of nitrogens with one attached hydrogen (secondary N) is 1. The van der Waals surface area contributed by atoms with Crippen molar-refractivity contribution in [2.24, 2.45) is 0 Å². The quantitative estimate of drug-likeness (QED) is 0.453. The summed E-state index contributed by atoms with van der Waals surface area (Å²) in [6.07, 6.45) is 1.88. The topological polar surface area (TPSA) is 78.6 Å². The van der Waals surface area contributed by atoms with Crippen molar-refractivity contribution < 1.29 is 10.0 Å². The molecule has 2 N–H and O–H groups in total. The number of aliphatic hydroxyl groups is 1. The van der Waals surface area contributed by atoms with Crippen molar-refractivity contribution in [1.29, 1.82) is 0 Å². The van der Waals surface area contributed by atoms with Crippen LogP contribution in [0.5, 0.6) is 0 Å². The van der Waals surface area contributed by atoms with Crippen molar-refractivity contribution >= 4 is 0 Å². The Bertz CT molecular complexity index is 215. The lowest BCUT2D eigenvalue weighted by molar-refractivity contribution is -0.404. The summed E-state index contributed by atoms with van der Waals surface area (Å²) in [6, 6.07) is 0. The fourth-order valence-electron chi connectivity index (χ4n) is 1.30. The van der Waals surface area contributed by atoms with Crippen LogP contribution in [0.3, 0.4) is 0 Å². The molecule has 0 saturated carbocycles. The first-order valence-electron chi connectivity index (χ1n) is 4.19. The van der Waals surface area contributed by atoms with Crippen molar-refractivity contribution in [3.8, 4) is 0 Å². The second-order valence-corrected chi connectivity index (χ2v) is 2.79. The van der Waals surface area contributed by atoms with Crippen molar-refractivity contribution in [2.75, 3.05) is 26.2 Å². The number of nitro groups is 1. The van der Waals surface area contributed by atoms with Crippen LogP contribution in [-0.4, -0.2) is 41.2 Å². The third kappa shape index (κ3) is 2.90. The predicted octanol–water partition coefficient (Wildman–Crippen LogP) is -0.650. The fraction of sp³-hybridized carbons (Fsp3) is 0.714. The largest absolute Gasteiger partial charge is 0.395 e. The Labute approximate surface area is 76.0 Å². The average Bonchev–Trinajstić information content (AvgIpc) is 2.08. The van der Waals surface area contributed by atoms with E-state index in [0.29, 0.717) is 12.4 Å². The summed E-state index contributed by atoms with van der Waals surface area (Å²) in [5.41, 5.74) is 0. The number of nitrogens with zero attached hydrogens (tertiary/aromatic N) is 2. The highest BCUT2D eigenvalue weighted by atomic mass is 16.6. The number of hydrogen-bond acceptors (Lipinski definition) is 5. The maximum Gasteiger partial charge on any atom is 0.274 e. The van der Waals surface area contributed by atoms with Gasteiger partial charge in [-0.2, -0.15) is 0 Å². The van der Waals surface area contributed by atoms with E-state index in [1.165, 1.54) is 0 Å². The standard InChI is InChI=1S/C7H13N3O3/c11-5-4-9-3-1-2-8-7(9)6-10(12)13/h6,8,11H,1-5H2. The minimum atomic E-state index is -0.488. The minimum absolute atomic E-state index is 0.0106. The van der Waals surface area contributed by atoms with Gasteiger partial charge in [0.2, 0.25) is 0 Å². The van der Waals surface area contributed by atoms with Gasteiger partial charge in [0.15, 0.2) is 5.82 Å². The molecule has 1 aliphatic heterocycles.